The summed E-state index contributed by atoms with van der Waals surface area (Å²) in [4.78, 5) is 19.1. The molecule has 0 amide bonds. The molecular weight excluding hydrogens is 240 g/mol. The summed E-state index contributed by atoms with van der Waals surface area (Å²) < 4.78 is 1.30. The lowest BCUT2D eigenvalue weighted by atomic mass is 10.4. The van der Waals surface area contributed by atoms with E-state index in [0.29, 0.717) is 11.3 Å². The summed E-state index contributed by atoms with van der Waals surface area (Å²) in [6.07, 6.45) is 2.97. The molecule has 3 aromatic rings. The second kappa shape index (κ2) is 3.63. The number of fused-ring (bicyclic) bond motifs is 1. The van der Waals surface area contributed by atoms with Gasteiger partial charge in [0.1, 0.15) is 10.7 Å². The van der Waals surface area contributed by atoms with Gasteiger partial charge in [-0.2, -0.15) is 5.10 Å². The maximum absolute atomic E-state index is 11.0. The SMILES string of the molecule is O=C(O)c1cnc2ccc(-c3nccs3)nn12. The highest BCUT2D eigenvalue weighted by Gasteiger charge is 2.12. The number of hydrogen-bond donors (Lipinski definition) is 1. The van der Waals surface area contributed by atoms with Crippen molar-refractivity contribution < 1.29 is 9.90 Å². The molecule has 7 heteroatoms. The van der Waals surface area contributed by atoms with E-state index in [9.17, 15) is 4.79 Å². The lowest BCUT2D eigenvalue weighted by molar-refractivity contribution is 0.0688. The van der Waals surface area contributed by atoms with Gasteiger partial charge < -0.3 is 5.11 Å². The van der Waals surface area contributed by atoms with Crippen LogP contribution in [0.4, 0.5) is 0 Å². The Balaban J connectivity index is 2.24. The van der Waals surface area contributed by atoms with Gasteiger partial charge >= 0.3 is 5.97 Å². The van der Waals surface area contributed by atoms with Crippen LogP contribution < -0.4 is 0 Å². The van der Waals surface area contributed by atoms with E-state index in [-0.39, 0.29) is 5.69 Å². The molecule has 0 aliphatic rings. The summed E-state index contributed by atoms with van der Waals surface area (Å²) in [5.41, 5.74) is 1.18. The maximum Gasteiger partial charge on any atom is 0.356 e. The summed E-state index contributed by atoms with van der Waals surface area (Å²) in [6.45, 7) is 0. The summed E-state index contributed by atoms with van der Waals surface area (Å²) >= 11 is 1.45. The van der Waals surface area contributed by atoms with Gasteiger partial charge in [-0.05, 0) is 12.1 Å². The van der Waals surface area contributed by atoms with Crippen LogP contribution in [0.5, 0.6) is 0 Å². The first-order valence-electron chi connectivity index (χ1n) is 4.73. The highest BCUT2D eigenvalue weighted by molar-refractivity contribution is 7.13. The molecule has 0 atom stereocenters. The average molecular weight is 246 g/mol. The second-order valence-electron chi connectivity index (χ2n) is 3.27. The number of hydrogen-bond acceptors (Lipinski definition) is 5. The fourth-order valence-electron chi connectivity index (χ4n) is 1.48. The highest BCUT2D eigenvalue weighted by Crippen LogP contribution is 2.19. The number of aromatic carboxylic acids is 1. The number of nitrogens with zero attached hydrogens (tertiary/aromatic N) is 4. The van der Waals surface area contributed by atoms with E-state index in [1.807, 2.05) is 5.38 Å². The predicted octanol–water partition coefficient (Wildman–Crippen LogP) is 1.55. The van der Waals surface area contributed by atoms with Crippen LogP contribution >= 0.6 is 11.3 Å². The topological polar surface area (TPSA) is 80.4 Å². The fourth-order valence-corrected chi connectivity index (χ4v) is 2.09. The number of rotatable bonds is 2. The average Bonchev–Trinajstić information content (AvgIpc) is 2.97. The normalized spacial score (nSPS) is 10.8. The predicted molar refractivity (Wildman–Crippen MR) is 61.1 cm³/mol. The summed E-state index contributed by atoms with van der Waals surface area (Å²) in [5, 5.41) is 15.8. The minimum atomic E-state index is -1.05. The van der Waals surface area contributed by atoms with Crippen molar-refractivity contribution in [2.75, 3.05) is 0 Å². The van der Waals surface area contributed by atoms with Gasteiger partial charge in [0, 0.05) is 11.6 Å². The second-order valence-corrected chi connectivity index (χ2v) is 4.17. The van der Waals surface area contributed by atoms with Crippen molar-refractivity contribution in [3.05, 3.63) is 35.6 Å². The van der Waals surface area contributed by atoms with Crippen LogP contribution in [0.25, 0.3) is 16.3 Å². The molecule has 0 bridgehead atoms. The molecule has 3 aromatic heterocycles. The number of carbonyl (C=O) groups is 1. The van der Waals surface area contributed by atoms with Crippen molar-refractivity contribution in [1.29, 1.82) is 0 Å². The number of thiazole rings is 1. The number of aromatic nitrogens is 4. The van der Waals surface area contributed by atoms with Gasteiger partial charge in [0.25, 0.3) is 0 Å². The Labute approximate surface area is 99.2 Å². The third-order valence-corrected chi connectivity index (χ3v) is 3.03. The van der Waals surface area contributed by atoms with Crippen molar-refractivity contribution in [3.63, 3.8) is 0 Å². The van der Waals surface area contributed by atoms with E-state index >= 15 is 0 Å². The third-order valence-electron chi connectivity index (χ3n) is 2.23. The quantitative estimate of drug-likeness (QED) is 0.742. The van der Waals surface area contributed by atoms with E-state index in [0.717, 1.165) is 5.01 Å². The smallest absolute Gasteiger partial charge is 0.356 e. The molecule has 0 unspecified atom stereocenters. The molecule has 0 spiro atoms. The number of carboxylic acid groups (broad SMARTS) is 1. The molecule has 0 aromatic carbocycles. The zero-order chi connectivity index (χ0) is 11.8. The van der Waals surface area contributed by atoms with Gasteiger partial charge in [0.05, 0.1) is 6.20 Å². The van der Waals surface area contributed by atoms with Crippen molar-refractivity contribution in [2.24, 2.45) is 0 Å². The van der Waals surface area contributed by atoms with E-state index in [1.165, 1.54) is 22.0 Å². The summed E-state index contributed by atoms with van der Waals surface area (Å²) in [7, 11) is 0. The van der Waals surface area contributed by atoms with Gasteiger partial charge in [0.15, 0.2) is 11.3 Å². The molecule has 3 heterocycles. The molecular formula is C10H6N4O2S. The van der Waals surface area contributed by atoms with Crippen LogP contribution in [0.2, 0.25) is 0 Å². The lowest BCUT2D eigenvalue weighted by Crippen LogP contribution is -2.04. The van der Waals surface area contributed by atoms with Crippen molar-refractivity contribution in [2.45, 2.75) is 0 Å². The van der Waals surface area contributed by atoms with Crippen molar-refractivity contribution in [3.8, 4) is 10.7 Å². The molecule has 0 saturated heterocycles. The minimum absolute atomic E-state index is 0.0402. The van der Waals surface area contributed by atoms with Gasteiger partial charge in [0.2, 0.25) is 0 Å². The van der Waals surface area contributed by atoms with Gasteiger partial charge in [-0.1, -0.05) is 0 Å². The van der Waals surface area contributed by atoms with E-state index in [1.54, 1.807) is 18.3 Å². The first-order valence-corrected chi connectivity index (χ1v) is 5.61. The third kappa shape index (κ3) is 1.56. The lowest BCUT2D eigenvalue weighted by Gasteiger charge is -1.98. The summed E-state index contributed by atoms with van der Waals surface area (Å²) in [6, 6.07) is 3.49. The number of imidazole rings is 1. The highest BCUT2D eigenvalue weighted by atomic mass is 32.1. The maximum atomic E-state index is 11.0. The van der Waals surface area contributed by atoms with Crippen molar-refractivity contribution >= 4 is 23.0 Å². The molecule has 0 fully saturated rings. The fraction of sp³-hybridized carbons (Fsp3) is 0. The largest absolute Gasteiger partial charge is 0.476 e. The molecule has 1 N–H and O–H groups in total. The van der Waals surface area contributed by atoms with Crippen molar-refractivity contribution in [1.82, 2.24) is 19.6 Å². The Hall–Kier alpha value is -2.28. The van der Waals surface area contributed by atoms with E-state index < -0.39 is 5.97 Å². The Morgan fingerprint density at radius 3 is 2.94 bits per heavy atom. The Bertz CT molecular complexity index is 689. The monoisotopic (exact) mass is 246 g/mol. The van der Waals surface area contributed by atoms with Gasteiger partial charge in [-0.15, -0.1) is 11.3 Å². The standard InChI is InChI=1S/C10H6N4O2S/c15-10(16)7-5-12-8-2-1-6(13-14(7)8)9-11-3-4-17-9/h1-5H,(H,15,16). The molecule has 0 aliphatic heterocycles. The molecule has 84 valence electrons. The number of carboxylic acids is 1. The molecule has 6 nitrogen and oxygen atoms in total. The summed E-state index contributed by atoms with van der Waals surface area (Å²) in [5.74, 6) is -1.05. The molecule has 0 saturated carbocycles. The first-order chi connectivity index (χ1) is 8.25. The van der Waals surface area contributed by atoms with Crippen LogP contribution in [0.1, 0.15) is 10.5 Å². The van der Waals surface area contributed by atoms with Gasteiger partial charge in [-0.3, -0.25) is 0 Å². The zero-order valence-electron chi connectivity index (χ0n) is 8.44. The minimum Gasteiger partial charge on any atom is -0.476 e. The van der Waals surface area contributed by atoms with Gasteiger partial charge in [-0.25, -0.2) is 19.3 Å². The Kier molecular flexibility index (Phi) is 2.12. The van der Waals surface area contributed by atoms with Crippen LogP contribution in [-0.4, -0.2) is 30.7 Å². The molecule has 0 aliphatic carbocycles. The zero-order valence-corrected chi connectivity index (χ0v) is 9.26. The molecule has 17 heavy (non-hydrogen) atoms. The van der Waals surface area contributed by atoms with Crippen LogP contribution in [0, 0.1) is 0 Å². The van der Waals surface area contributed by atoms with Crippen LogP contribution in [-0.2, 0) is 0 Å². The van der Waals surface area contributed by atoms with Crippen LogP contribution in [0.3, 0.4) is 0 Å². The molecule has 3 rings (SSSR count). The molecule has 0 radical (unpaired) electrons. The van der Waals surface area contributed by atoms with E-state index in [4.69, 9.17) is 5.11 Å². The van der Waals surface area contributed by atoms with E-state index in [2.05, 4.69) is 15.1 Å². The Morgan fingerprint density at radius 2 is 2.24 bits per heavy atom. The van der Waals surface area contributed by atoms with Crippen LogP contribution in [0.15, 0.2) is 29.9 Å². The Morgan fingerprint density at radius 1 is 1.35 bits per heavy atom. The first kappa shape index (κ1) is 9.91.